The monoisotopic (exact) mass is 141 g/mol. The highest BCUT2D eigenvalue weighted by Gasteiger charge is 2.30. The number of hydrogen-bond acceptors (Lipinski definition) is 1. The van der Waals surface area contributed by atoms with Gasteiger partial charge in [0.25, 0.3) is 0 Å². The molecular weight excluding hydrogens is 128 g/mol. The Morgan fingerprint density at radius 2 is 2.20 bits per heavy atom. The average molecular weight is 141 g/mol. The number of halogens is 1. The van der Waals surface area contributed by atoms with Gasteiger partial charge in [0.1, 0.15) is 6.17 Å². The molecule has 1 nitrogen and oxygen atoms in total. The number of rotatable bonds is 1. The molecule has 0 aromatic carbocycles. The van der Waals surface area contributed by atoms with Crippen molar-refractivity contribution in [3.05, 3.63) is 0 Å². The summed E-state index contributed by atoms with van der Waals surface area (Å²) < 4.78 is 12.7. The van der Waals surface area contributed by atoms with Crippen LogP contribution in [0.4, 0.5) is 4.39 Å². The zero-order valence-corrected chi connectivity index (χ0v) is 6.55. The first-order valence-corrected chi connectivity index (χ1v) is 3.76. The third-order valence-electron chi connectivity index (χ3n) is 2.10. The Balaban J connectivity index is 2.46. The summed E-state index contributed by atoms with van der Waals surface area (Å²) in [7, 11) is 5.56. The summed E-state index contributed by atoms with van der Waals surface area (Å²) in [5.41, 5.74) is 0. The summed E-state index contributed by atoms with van der Waals surface area (Å²) in [5.74, 6) is 0.464. The van der Waals surface area contributed by atoms with Crippen molar-refractivity contribution >= 4 is 7.98 Å². The molecule has 2 unspecified atom stereocenters. The molecule has 1 aliphatic heterocycles. The maximum atomic E-state index is 12.7. The van der Waals surface area contributed by atoms with Gasteiger partial charge in [0.05, 0.1) is 0 Å². The second-order valence-corrected chi connectivity index (χ2v) is 3.34. The van der Waals surface area contributed by atoms with E-state index < -0.39 is 6.17 Å². The Hall–Kier alpha value is -0.0451. The lowest BCUT2D eigenvalue weighted by Gasteiger charge is -2.22. The summed E-state index contributed by atoms with van der Waals surface area (Å²) in [4.78, 5) is 1.62. The van der Waals surface area contributed by atoms with Crippen molar-refractivity contribution in [3.63, 3.8) is 0 Å². The zero-order chi connectivity index (χ0) is 7.72. The lowest BCUT2D eigenvalue weighted by Crippen LogP contribution is -2.30. The van der Waals surface area contributed by atoms with Crippen LogP contribution in [0.5, 0.6) is 0 Å². The first kappa shape index (κ1) is 8.06. The third-order valence-corrected chi connectivity index (χ3v) is 2.10. The van der Waals surface area contributed by atoms with Crippen molar-refractivity contribution in [2.75, 3.05) is 6.54 Å². The van der Waals surface area contributed by atoms with Crippen LogP contribution in [0.3, 0.4) is 0 Å². The van der Waals surface area contributed by atoms with E-state index in [1.54, 1.807) is 4.81 Å². The normalized spacial score (nSPS) is 35.6. The highest BCUT2D eigenvalue weighted by molar-refractivity contribution is 6.04. The smallest absolute Gasteiger partial charge is 0.183 e. The predicted octanol–water partition coefficient (Wildman–Crippen LogP) is 1.14. The second kappa shape index (κ2) is 2.91. The first-order chi connectivity index (χ1) is 4.61. The van der Waals surface area contributed by atoms with E-state index in [2.05, 4.69) is 13.8 Å². The van der Waals surface area contributed by atoms with Gasteiger partial charge in [-0.15, -0.1) is 0 Å². The molecule has 3 heteroatoms. The van der Waals surface area contributed by atoms with Gasteiger partial charge in [-0.1, -0.05) is 13.8 Å². The number of alkyl halides is 1. The van der Waals surface area contributed by atoms with E-state index in [0.717, 1.165) is 0 Å². The van der Waals surface area contributed by atoms with Gasteiger partial charge in [0.2, 0.25) is 0 Å². The summed E-state index contributed by atoms with van der Waals surface area (Å²) >= 11 is 0. The van der Waals surface area contributed by atoms with E-state index in [-0.39, 0.29) is 6.04 Å². The molecular formula is C7H13BFN. The van der Waals surface area contributed by atoms with Gasteiger partial charge in [-0.05, 0) is 12.3 Å². The van der Waals surface area contributed by atoms with Crippen LogP contribution in [0.1, 0.15) is 20.3 Å². The highest BCUT2D eigenvalue weighted by Crippen LogP contribution is 2.23. The van der Waals surface area contributed by atoms with E-state index in [4.69, 9.17) is 7.98 Å². The third kappa shape index (κ3) is 1.51. The van der Waals surface area contributed by atoms with Gasteiger partial charge >= 0.3 is 0 Å². The topological polar surface area (TPSA) is 3.24 Å². The Kier molecular flexibility index (Phi) is 2.34. The van der Waals surface area contributed by atoms with Crippen LogP contribution in [0.2, 0.25) is 0 Å². The fourth-order valence-electron chi connectivity index (χ4n) is 1.49. The van der Waals surface area contributed by atoms with E-state index in [9.17, 15) is 4.39 Å². The van der Waals surface area contributed by atoms with E-state index >= 15 is 0 Å². The Morgan fingerprint density at radius 3 is 2.40 bits per heavy atom. The van der Waals surface area contributed by atoms with Gasteiger partial charge in [-0.2, -0.15) is 0 Å². The lowest BCUT2D eigenvalue weighted by molar-refractivity contribution is 0.330. The number of nitrogens with zero attached hydrogens (tertiary/aromatic N) is 1. The van der Waals surface area contributed by atoms with E-state index in [1.807, 2.05) is 0 Å². The van der Waals surface area contributed by atoms with Crippen molar-refractivity contribution in [2.45, 2.75) is 32.5 Å². The van der Waals surface area contributed by atoms with Crippen molar-refractivity contribution < 1.29 is 4.39 Å². The van der Waals surface area contributed by atoms with Crippen molar-refractivity contribution in [3.8, 4) is 0 Å². The molecule has 56 valence electrons. The second-order valence-electron chi connectivity index (χ2n) is 3.34. The van der Waals surface area contributed by atoms with Crippen LogP contribution in [0.15, 0.2) is 0 Å². The lowest BCUT2D eigenvalue weighted by atomic mass is 10.00. The SMILES string of the molecule is [B]N1CC(F)CC1C(C)C. The largest absolute Gasteiger partial charge is 0.348 e. The van der Waals surface area contributed by atoms with Crippen molar-refractivity contribution in [2.24, 2.45) is 5.92 Å². The minimum absolute atomic E-state index is 0.245. The van der Waals surface area contributed by atoms with Crippen LogP contribution >= 0.6 is 0 Å². The van der Waals surface area contributed by atoms with Crippen LogP contribution < -0.4 is 0 Å². The molecule has 1 fully saturated rings. The molecule has 1 saturated heterocycles. The summed E-state index contributed by atoms with van der Waals surface area (Å²) in [6, 6.07) is 0.245. The maximum Gasteiger partial charge on any atom is 0.183 e. The Morgan fingerprint density at radius 1 is 1.60 bits per heavy atom. The minimum Gasteiger partial charge on any atom is -0.348 e. The van der Waals surface area contributed by atoms with E-state index in [1.165, 1.54) is 0 Å². The predicted molar refractivity (Wildman–Crippen MR) is 40.6 cm³/mol. The molecule has 0 spiro atoms. The summed E-state index contributed by atoms with van der Waals surface area (Å²) in [6.45, 7) is 4.55. The molecule has 0 aliphatic carbocycles. The fraction of sp³-hybridized carbons (Fsp3) is 1.00. The minimum atomic E-state index is -0.711. The Labute approximate surface area is 63.0 Å². The van der Waals surface area contributed by atoms with Gasteiger partial charge in [0, 0.05) is 12.6 Å². The molecule has 0 aromatic rings. The van der Waals surface area contributed by atoms with Gasteiger partial charge < -0.3 is 4.81 Å². The Bertz CT molecular complexity index is 118. The summed E-state index contributed by atoms with van der Waals surface area (Å²) in [6.07, 6.45) is -0.105. The van der Waals surface area contributed by atoms with Crippen LogP contribution in [0, 0.1) is 5.92 Å². The molecule has 1 heterocycles. The standard InChI is InChI=1S/C7H13BFN/c1-5(2)7-3-6(9)4-10(7)8/h5-7H,3-4H2,1-2H3. The summed E-state index contributed by atoms with van der Waals surface area (Å²) in [5, 5.41) is 0. The quantitative estimate of drug-likeness (QED) is 0.495. The van der Waals surface area contributed by atoms with Crippen molar-refractivity contribution in [1.82, 2.24) is 4.81 Å². The zero-order valence-electron chi connectivity index (χ0n) is 6.55. The van der Waals surface area contributed by atoms with Crippen LogP contribution in [0.25, 0.3) is 0 Å². The van der Waals surface area contributed by atoms with Gasteiger partial charge in [-0.25, -0.2) is 4.39 Å². The van der Waals surface area contributed by atoms with Gasteiger partial charge in [0.15, 0.2) is 7.98 Å². The van der Waals surface area contributed by atoms with Crippen LogP contribution in [-0.4, -0.2) is 31.6 Å². The molecule has 0 amide bonds. The van der Waals surface area contributed by atoms with E-state index in [0.29, 0.717) is 18.9 Å². The highest BCUT2D eigenvalue weighted by atomic mass is 19.1. The molecule has 2 atom stereocenters. The molecule has 1 rings (SSSR count). The molecule has 0 saturated carbocycles. The molecule has 1 aliphatic rings. The first-order valence-electron chi connectivity index (χ1n) is 3.76. The van der Waals surface area contributed by atoms with Gasteiger partial charge in [-0.3, -0.25) is 0 Å². The van der Waals surface area contributed by atoms with Crippen molar-refractivity contribution in [1.29, 1.82) is 0 Å². The average Bonchev–Trinajstić information content (AvgIpc) is 2.10. The molecule has 0 N–H and O–H groups in total. The fourth-order valence-corrected chi connectivity index (χ4v) is 1.49. The molecule has 10 heavy (non-hydrogen) atoms. The molecule has 0 aromatic heterocycles. The molecule has 0 bridgehead atoms. The van der Waals surface area contributed by atoms with Crippen LogP contribution in [-0.2, 0) is 0 Å². The number of hydrogen-bond donors (Lipinski definition) is 0. The maximum absolute atomic E-state index is 12.7. The molecule has 2 radical (unpaired) electrons.